The molecule has 4 heteroatoms. The Bertz CT molecular complexity index is 626. The monoisotopic (exact) mass is 375 g/mol. The molecule has 2 aromatic rings. The number of benzene rings is 2. The van der Waals surface area contributed by atoms with Crippen molar-refractivity contribution in [1.29, 1.82) is 0 Å². The topological polar surface area (TPSA) is 32.7 Å². The van der Waals surface area contributed by atoms with E-state index in [9.17, 15) is 5.11 Å². The molecule has 2 aromatic carbocycles. The molecule has 1 fully saturated rings. The molecule has 1 atom stereocenters. The standard InChI is InChI=1S/C22H29NO2.ClH/c1-23(20-10-6-3-7-11-20)16-21(24)17-25-22-14-12-19(13-15-22)18-8-4-2-5-9-18;/h2,4-5,8-9,12-15,20-21,24H,3,6-7,10-11,16-17H2,1H3;1H. The molecular formula is C22H30ClNO2. The van der Waals surface area contributed by atoms with E-state index in [1.165, 1.54) is 43.2 Å². The Morgan fingerprint density at radius 2 is 1.58 bits per heavy atom. The lowest BCUT2D eigenvalue weighted by Gasteiger charge is -2.32. The molecule has 0 saturated heterocycles. The van der Waals surface area contributed by atoms with Gasteiger partial charge < -0.3 is 14.7 Å². The van der Waals surface area contributed by atoms with Crippen molar-refractivity contribution in [3.8, 4) is 16.9 Å². The lowest BCUT2D eigenvalue weighted by atomic mass is 9.94. The summed E-state index contributed by atoms with van der Waals surface area (Å²) in [5, 5.41) is 10.3. The Hall–Kier alpha value is -1.55. The Morgan fingerprint density at radius 1 is 0.962 bits per heavy atom. The van der Waals surface area contributed by atoms with Crippen LogP contribution >= 0.6 is 12.4 Å². The van der Waals surface area contributed by atoms with E-state index in [1.807, 2.05) is 30.3 Å². The highest BCUT2D eigenvalue weighted by atomic mass is 35.5. The van der Waals surface area contributed by atoms with Gasteiger partial charge in [-0.15, -0.1) is 12.4 Å². The van der Waals surface area contributed by atoms with Crippen LogP contribution < -0.4 is 4.74 Å². The van der Waals surface area contributed by atoms with Gasteiger partial charge in [0.25, 0.3) is 0 Å². The third-order valence-corrected chi connectivity index (χ3v) is 5.10. The zero-order valence-electron chi connectivity index (χ0n) is 15.5. The van der Waals surface area contributed by atoms with Crippen LogP contribution in [0, 0.1) is 0 Å². The van der Waals surface area contributed by atoms with E-state index in [0.29, 0.717) is 19.2 Å². The van der Waals surface area contributed by atoms with Gasteiger partial charge in [0.15, 0.2) is 0 Å². The number of hydrogen-bond acceptors (Lipinski definition) is 3. The summed E-state index contributed by atoms with van der Waals surface area (Å²) < 4.78 is 5.77. The van der Waals surface area contributed by atoms with E-state index in [2.05, 4.69) is 36.2 Å². The van der Waals surface area contributed by atoms with E-state index in [1.54, 1.807) is 0 Å². The molecule has 0 bridgehead atoms. The van der Waals surface area contributed by atoms with Crippen molar-refractivity contribution in [2.45, 2.75) is 44.2 Å². The Kier molecular flexibility index (Phi) is 8.43. The lowest BCUT2D eigenvalue weighted by molar-refractivity contribution is 0.0561. The predicted octanol–water partition coefficient (Wildman–Crippen LogP) is 4.78. The molecule has 3 rings (SSSR count). The SMILES string of the molecule is CN(CC(O)COc1ccc(-c2ccccc2)cc1)C1CCCCC1.Cl. The Morgan fingerprint density at radius 3 is 2.23 bits per heavy atom. The average molecular weight is 376 g/mol. The molecule has 1 unspecified atom stereocenters. The van der Waals surface area contributed by atoms with Gasteiger partial charge in [0.1, 0.15) is 18.5 Å². The minimum atomic E-state index is -0.458. The largest absolute Gasteiger partial charge is 0.491 e. The molecule has 142 valence electrons. The number of halogens is 1. The van der Waals surface area contributed by atoms with Gasteiger partial charge >= 0.3 is 0 Å². The number of nitrogens with zero attached hydrogens (tertiary/aromatic N) is 1. The minimum Gasteiger partial charge on any atom is -0.491 e. The zero-order valence-corrected chi connectivity index (χ0v) is 16.3. The summed E-state index contributed by atoms with van der Waals surface area (Å²) in [4.78, 5) is 2.30. The highest BCUT2D eigenvalue weighted by Gasteiger charge is 2.20. The molecule has 26 heavy (non-hydrogen) atoms. The van der Waals surface area contributed by atoms with Crippen molar-refractivity contribution in [3.63, 3.8) is 0 Å². The van der Waals surface area contributed by atoms with Gasteiger partial charge in [-0.25, -0.2) is 0 Å². The Labute approximate surface area is 163 Å². The molecular weight excluding hydrogens is 346 g/mol. The van der Waals surface area contributed by atoms with Crippen LogP contribution in [0.4, 0.5) is 0 Å². The maximum absolute atomic E-state index is 10.3. The second-order valence-corrected chi connectivity index (χ2v) is 7.09. The summed E-state index contributed by atoms with van der Waals surface area (Å²) in [5.41, 5.74) is 2.37. The molecule has 1 saturated carbocycles. The first-order valence-electron chi connectivity index (χ1n) is 9.39. The zero-order chi connectivity index (χ0) is 17.5. The van der Waals surface area contributed by atoms with Crippen LogP contribution in [0.25, 0.3) is 11.1 Å². The fraction of sp³-hybridized carbons (Fsp3) is 0.455. The normalized spacial score (nSPS) is 16.1. The van der Waals surface area contributed by atoms with Gasteiger partial charge in [0.2, 0.25) is 0 Å². The summed E-state index contributed by atoms with van der Waals surface area (Å²) >= 11 is 0. The lowest BCUT2D eigenvalue weighted by Crippen LogP contribution is -2.40. The van der Waals surface area contributed by atoms with Gasteiger partial charge in [-0.3, -0.25) is 0 Å². The van der Waals surface area contributed by atoms with Crippen molar-refractivity contribution < 1.29 is 9.84 Å². The first-order valence-corrected chi connectivity index (χ1v) is 9.39. The van der Waals surface area contributed by atoms with Crippen molar-refractivity contribution in [2.75, 3.05) is 20.2 Å². The second-order valence-electron chi connectivity index (χ2n) is 7.09. The van der Waals surface area contributed by atoms with Gasteiger partial charge in [-0.1, -0.05) is 61.7 Å². The van der Waals surface area contributed by atoms with Crippen LogP contribution in [0.2, 0.25) is 0 Å². The number of hydrogen-bond donors (Lipinski definition) is 1. The predicted molar refractivity (Wildman–Crippen MR) is 110 cm³/mol. The molecule has 0 heterocycles. The summed E-state index contributed by atoms with van der Waals surface area (Å²) in [6.45, 7) is 1.01. The number of likely N-dealkylation sites (N-methyl/N-ethyl adjacent to an activating group) is 1. The molecule has 1 aliphatic rings. The van der Waals surface area contributed by atoms with Crippen molar-refractivity contribution in [2.24, 2.45) is 0 Å². The van der Waals surface area contributed by atoms with Crippen LogP contribution in [0.15, 0.2) is 54.6 Å². The Balaban J connectivity index is 0.00000243. The molecule has 1 N–H and O–H groups in total. The van der Waals surface area contributed by atoms with Gasteiger partial charge in [0, 0.05) is 12.6 Å². The van der Waals surface area contributed by atoms with Gasteiger partial charge in [-0.2, -0.15) is 0 Å². The smallest absolute Gasteiger partial charge is 0.119 e. The molecule has 0 aliphatic heterocycles. The van der Waals surface area contributed by atoms with E-state index in [0.717, 1.165) is 5.75 Å². The molecule has 1 aliphatic carbocycles. The van der Waals surface area contributed by atoms with E-state index in [-0.39, 0.29) is 12.4 Å². The van der Waals surface area contributed by atoms with Gasteiger partial charge in [0.05, 0.1) is 0 Å². The molecule has 0 radical (unpaired) electrons. The van der Waals surface area contributed by atoms with Crippen LogP contribution in [0.5, 0.6) is 5.75 Å². The van der Waals surface area contributed by atoms with Gasteiger partial charge in [-0.05, 0) is 43.1 Å². The molecule has 0 aromatic heterocycles. The van der Waals surface area contributed by atoms with E-state index >= 15 is 0 Å². The van der Waals surface area contributed by atoms with E-state index < -0.39 is 6.10 Å². The fourth-order valence-electron chi connectivity index (χ4n) is 3.62. The van der Waals surface area contributed by atoms with Crippen LogP contribution in [-0.2, 0) is 0 Å². The molecule has 3 nitrogen and oxygen atoms in total. The van der Waals surface area contributed by atoms with Crippen molar-refractivity contribution >= 4 is 12.4 Å². The summed E-state index contributed by atoms with van der Waals surface area (Å²) in [5.74, 6) is 0.805. The average Bonchev–Trinajstić information content (AvgIpc) is 2.68. The minimum absolute atomic E-state index is 0. The van der Waals surface area contributed by atoms with Crippen LogP contribution in [-0.4, -0.2) is 42.4 Å². The highest BCUT2D eigenvalue weighted by Crippen LogP contribution is 2.23. The molecule has 0 spiro atoms. The molecule has 0 amide bonds. The quantitative estimate of drug-likeness (QED) is 0.755. The third kappa shape index (κ3) is 6.01. The van der Waals surface area contributed by atoms with Crippen LogP contribution in [0.1, 0.15) is 32.1 Å². The highest BCUT2D eigenvalue weighted by molar-refractivity contribution is 5.85. The first kappa shape index (κ1) is 20.8. The fourth-order valence-corrected chi connectivity index (χ4v) is 3.62. The van der Waals surface area contributed by atoms with Crippen LogP contribution in [0.3, 0.4) is 0 Å². The third-order valence-electron chi connectivity index (χ3n) is 5.10. The number of aliphatic hydroxyl groups excluding tert-OH is 1. The maximum atomic E-state index is 10.3. The maximum Gasteiger partial charge on any atom is 0.119 e. The van der Waals surface area contributed by atoms with Crippen molar-refractivity contribution in [1.82, 2.24) is 4.90 Å². The number of rotatable bonds is 7. The number of ether oxygens (including phenoxy) is 1. The van der Waals surface area contributed by atoms with Crippen molar-refractivity contribution in [3.05, 3.63) is 54.6 Å². The number of aliphatic hydroxyl groups is 1. The first-order chi connectivity index (χ1) is 12.2. The summed E-state index contributed by atoms with van der Waals surface area (Å²) in [6, 6.07) is 19.0. The summed E-state index contributed by atoms with van der Waals surface area (Å²) in [7, 11) is 2.12. The summed E-state index contributed by atoms with van der Waals surface area (Å²) in [6.07, 6.45) is 6.04. The second kappa shape index (κ2) is 10.6. The van der Waals surface area contributed by atoms with E-state index in [4.69, 9.17) is 4.74 Å².